The largest absolute Gasteiger partial charge is 0.350 e. The van der Waals surface area contributed by atoms with E-state index in [1.807, 2.05) is 6.07 Å². The van der Waals surface area contributed by atoms with Crippen LogP contribution >= 0.6 is 0 Å². The van der Waals surface area contributed by atoms with Gasteiger partial charge in [0.15, 0.2) is 0 Å². The lowest BCUT2D eigenvalue weighted by atomic mass is 10.1. The van der Waals surface area contributed by atoms with Crippen LogP contribution in [0.5, 0.6) is 0 Å². The van der Waals surface area contributed by atoms with Gasteiger partial charge in [-0.2, -0.15) is 0 Å². The molecule has 3 heterocycles. The molecular formula is C45H33N5. The molecule has 2 unspecified atom stereocenters. The highest BCUT2D eigenvalue weighted by atomic mass is 15.3. The van der Waals surface area contributed by atoms with Crippen LogP contribution in [0.3, 0.4) is 0 Å². The van der Waals surface area contributed by atoms with E-state index in [4.69, 9.17) is 4.99 Å². The van der Waals surface area contributed by atoms with Crippen LogP contribution in [0.25, 0.3) is 55.0 Å². The van der Waals surface area contributed by atoms with Crippen LogP contribution in [0.2, 0.25) is 0 Å². The number of amidine groups is 1. The van der Waals surface area contributed by atoms with Crippen molar-refractivity contribution in [1.82, 2.24) is 19.8 Å². The van der Waals surface area contributed by atoms with E-state index in [9.17, 15) is 0 Å². The van der Waals surface area contributed by atoms with Gasteiger partial charge in [0.25, 0.3) is 0 Å². The molecule has 0 fully saturated rings. The van der Waals surface area contributed by atoms with Crippen molar-refractivity contribution < 1.29 is 0 Å². The zero-order valence-electron chi connectivity index (χ0n) is 27.2. The highest BCUT2D eigenvalue weighted by Gasteiger charge is 2.25. The van der Waals surface area contributed by atoms with E-state index < -0.39 is 0 Å². The molecule has 2 aromatic heterocycles. The summed E-state index contributed by atoms with van der Waals surface area (Å²) in [4.78, 5) is 5.22. The van der Waals surface area contributed by atoms with Crippen LogP contribution < -0.4 is 10.6 Å². The van der Waals surface area contributed by atoms with Gasteiger partial charge in [0, 0.05) is 38.5 Å². The molecule has 5 nitrogen and oxygen atoms in total. The summed E-state index contributed by atoms with van der Waals surface area (Å²) in [7, 11) is 0. The standard InChI is InChI=1S/C45H33N5/c1-3-14-30(15-4-1)43-46-44(31-16-5-2-6-17-31)48-45(47-43)32-18-13-19-33(28-32)49-41-25-12-9-22-37(41)38-29-34(26-27-42(38)49)50-39-23-10-7-20-35(39)36-21-8-11-24-40(36)50/h1-29,43-44,46H,(H,47,48). The molecule has 1 aliphatic heterocycles. The lowest BCUT2D eigenvalue weighted by Crippen LogP contribution is -2.44. The molecule has 0 aliphatic carbocycles. The van der Waals surface area contributed by atoms with Gasteiger partial charge < -0.3 is 14.5 Å². The third-order valence-electron chi connectivity index (χ3n) is 9.98. The van der Waals surface area contributed by atoms with Crippen molar-refractivity contribution in [3.63, 3.8) is 0 Å². The van der Waals surface area contributed by atoms with Gasteiger partial charge in [0.2, 0.25) is 0 Å². The maximum absolute atomic E-state index is 5.22. The average molecular weight is 644 g/mol. The number of nitrogens with zero attached hydrogens (tertiary/aromatic N) is 3. The molecule has 9 aromatic rings. The predicted molar refractivity (Wildman–Crippen MR) is 206 cm³/mol. The van der Waals surface area contributed by atoms with Gasteiger partial charge in [-0.25, -0.2) is 4.99 Å². The maximum Gasteiger partial charge on any atom is 0.131 e. The fraction of sp³-hybridized carbons (Fsp3) is 0.0444. The molecule has 0 amide bonds. The molecule has 0 saturated carbocycles. The molecule has 238 valence electrons. The fourth-order valence-electron chi connectivity index (χ4n) is 7.70. The molecule has 0 saturated heterocycles. The van der Waals surface area contributed by atoms with Gasteiger partial charge in [-0.3, -0.25) is 5.32 Å². The first-order valence-electron chi connectivity index (χ1n) is 17.1. The van der Waals surface area contributed by atoms with E-state index in [-0.39, 0.29) is 12.3 Å². The van der Waals surface area contributed by atoms with Gasteiger partial charge in [0.1, 0.15) is 18.2 Å². The summed E-state index contributed by atoms with van der Waals surface area (Å²) in [6.45, 7) is 0. The number of para-hydroxylation sites is 3. The van der Waals surface area contributed by atoms with Crippen LogP contribution in [-0.2, 0) is 0 Å². The van der Waals surface area contributed by atoms with Crippen molar-refractivity contribution >= 4 is 49.4 Å². The monoisotopic (exact) mass is 643 g/mol. The first kappa shape index (κ1) is 28.6. The summed E-state index contributed by atoms with van der Waals surface area (Å²) in [5.74, 6) is 0.864. The summed E-state index contributed by atoms with van der Waals surface area (Å²) >= 11 is 0. The summed E-state index contributed by atoms with van der Waals surface area (Å²) in [5, 5.41) is 12.4. The topological polar surface area (TPSA) is 46.3 Å². The second-order valence-corrected chi connectivity index (χ2v) is 12.9. The lowest BCUT2D eigenvalue weighted by Gasteiger charge is -2.32. The third-order valence-corrected chi connectivity index (χ3v) is 9.98. The van der Waals surface area contributed by atoms with Crippen molar-refractivity contribution in [2.24, 2.45) is 4.99 Å². The molecule has 0 spiro atoms. The SMILES string of the molecule is c1ccc(C2N=C(c3cccc(-n4c5ccccc5c5cc(-n6c7ccccc7c7ccccc76)ccc54)c3)NC(c3ccccc3)N2)cc1. The lowest BCUT2D eigenvalue weighted by molar-refractivity contribution is 0.409. The molecule has 5 heteroatoms. The zero-order valence-corrected chi connectivity index (χ0v) is 27.2. The van der Waals surface area contributed by atoms with Crippen LogP contribution in [-0.4, -0.2) is 15.0 Å². The van der Waals surface area contributed by atoms with E-state index in [2.05, 4.69) is 190 Å². The molecular weight excluding hydrogens is 611 g/mol. The summed E-state index contributed by atoms with van der Waals surface area (Å²) in [6.07, 6.45) is -0.279. The van der Waals surface area contributed by atoms with Gasteiger partial charge in [-0.05, 0) is 59.7 Å². The number of hydrogen-bond donors (Lipinski definition) is 2. The van der Waals surface area contributed by atoms with E-state index in [1.54, 1.807) is 0 Å². The predicted octanol–water partition coefficient (Wildman–Crippen LogP) is 10.2. The Labute approximate surface area is 289 Å². The van der Waals surface area contributed by atoms with E-state index in [1.165, 1.54) is 43.7 Å². The van der Waals surface area contributed by atoms with Gasteiger partial charge in [-0.1, -0.05) is 127 Å². The number of aliphatic imine (C=N–C) groups is 1. The Morgan fingerprint density at radius 2 is 0.940 bits per heavy atom. The van der Waals surface area contributed by atoms with Crippen LogP contribution in [0.15, 0.2) is 181 Å². The van der Waals surface area contributed by atoms with Gasteiger partial charge >= 0.3 is 0 Å². The summed E-state index contributed by atoms with van der Waals surface area (Å²) in [6, 6.07) is 62.7. The Bertz CT molecular complexity index is 2670. The minimum atomic E-state index is -0.186. The molecule has 2 N–H and O–H groups in total. The number of fused-ring (bicyclic) bond motifs is 6. The van der Waals surface area contributed by atoms with Crippen molar-refractivity contribution in [3.8, 4) is 11.4 Å². The van der Waals surface area contributed by atoms with Crippen LogP contribution in [0.4, 0.5) is 0 Å². The number of rotatable bonds is 5. The molecule has 0 radical (unpaired) electrons. The normalized spacial score (nSPS) is 16.2. The van der Waals surface area contributed by atoms with Gasteiger partial charge in [-0.15, -0.1) is 0 Å². The van der Waals surface area contributed by atoms with Crippen molar-refractivity contribution in [2.75, 3.05) is 0 Å². The first-order valence-corrected chi connectivity index (χ1v) is 17.1. The number of benzene rings is 7. The molecule has 2 atom stereocenters. The second-order valence-electron chi connectivity index (χ2n) is 12.9. The third kappa shape index (κ3) is 4.63. The summed E-state index contributed by atoms with van der Waals surface area (Å²) < 4.78 is 4.78. The van der Waals surface area contributed by atoms with Gasteiger partial charge in [0.05, 0.1) is 22.1 Å². The Morgan fingerprint density at radius 1 is 0.420 bits per heavy atom. The number of aromatic nitrogens is 2. The molecule has 7 aromatic carbocycles. The quantitative estimate of drug-likeness (QED) is 0.196. The average Bonchev–Trinajstić information content (AvgIpc) is 3.71. The van der Waals surface area contributed by atoms with Crippen molar-refractivity contribution in [2.45, 2.75) is 12.3 Å². The highest BCUT2D eigenvalue weighted by molar-refractivity contribution is 6.12. The molecule has 0 bridgehead atoms. The maximum atomic E-state index is 5.22. The van der Waals surface area contributed by atoms with Crippen molar-refractivity contribution in [1.29, 1.82) is 0 Å². The zero-order chi connectivity index (χ0) is 33.0. The van der Waals surface area contributed by atoms with E-state index in [0.717, 1.165) is 33.9 Å². The minimum absolute atomic E-state index is 0.0925. The van der Waals surface area contributed by atoms with E-state index >= 15 is 0 Å². The highest BCUT2D eigenvalue weighted by Crippen LogP contribution is 2.37. The second kappa shape index (κ2) is 11.6. The Kier molecular flexibility index (Phi) is 6.64. The smallest absolute Gasteiger partial charge is 0.131 e. The van der Waals surface area contributed by atoms with Crippen LogP contribution in [0.1, 0.15) is 29.0 Å². The Morgan fingerprint density at radius 3 is 1.58 bits per heavy atom. The Balaban J connectivity index is 1.12. The first-order chi connectivity index (χ1) is 24.8. The van der Waals surface area contributed by atoms with Crippen molar-refractivity contribution in [3.05, 3.63) is 193 Å². The molecule has 50 heavy (non-hydrogen) atoms. The number of hydrogen-bond acceptors (Lipinski definition) is 3. The Hall–Kier alpha value is -6.43. The fourth-order valence-corrected chi connectivity index (χ4v) is 7.70. The molecule has 10 rings (SSSR count). The minimum Gasteiger partial charge on any atom is -0.350 e. The number of nitrogens with one attached hydrogen (secondary N) is 2. The summed E-state index contributed by atoms with van der Waals surface area (Å²) in [5.41, 5.74) is 10.3. The van der Waals surface area contributed by atoms with E-state index in [0.29, 0.717) is 0 Å². The molecule has 1 aliphatic rings. The van der Waals surface area contributed by atoms with Crippen LogP contribution in [0, 0.1) is 0 Å².